The van der Waals surface area contributed by atoms with E-state index in [1.165, 1.54) is 18.7 Å². The normalized spacial score (nSPS) is 10.1. The fourth-order valence-corrected chi connectivity index (χ4v) is 2.18. The van der Waals surface area contributed by atoms with Crippen molar-refractivity contribution in [3.8, 4) is 0 Å². The SMILES string of the molecule is CC(=O)c1cccc(NC(=O)CN(Cc2cccnc2)C(C)=O)c1. The summed E-state index contributed by atoms with van der Waals surface area (Å²) in [4.78, 5) is 40.8. The molecule has 0 spiro atoms. The highest BCUT2D eigenvalue weighted by Crippen LogP contribution is 2.11. The summed E-state index contributed by atoms with van der Waals surface area (Å²) in [6, 6.07) is 10.3. The average molecular weight is 325 g/mol. The molecule has 1 aromatic carbocycles. The highest BCUT2D eigenvalue weighted by molar-refractivity contribution is 5.98. The number of carbonyl (C=O) groups is 3. The third kappa shape index (κ3) is 5.01. The van der Waals surface area contributed by atoms with Crippen molar-refractivity contribution in [2.24, 2.45) is 0 Å². The molecule has 0 aliphatic heterocycles. The Morgan fingerprint density at radius 1 is 1.12 bits per heavy atom. The number of rotatable bonds is 6. The van der Waals surface area contributed by atoms with Crippen LogP contribution in [0.2, 0.25) is 0 Å². The van der Waals surface area contributed by atoms with E-state index in [9.17, 15) is 14.4 Å². The van der Waals surface area contributed by atoms with Crippen molar-refractivity contribution < 1.29 is 14.4 Å². The smallest absolute Gasteiger partial charge is 0.244 e. The number of nitrogens with zero attached hydrogens (tertiary/aromatic N) is 2. The van der Waals surface area contributed by atoms with Crippen LogP contribution in [0.1, 0.15) is 29.8 Å². The maximum absolute atomic E-state index is 12.2. The number of Topliss-reactive ketones (excluding diaryl/α,β-unsaturated/α-hetero) is 1. The van der Waals surface area contributed by atoms with Crippen LogP contribution in [0.5, 0.6) is 0 Å². The minimum absolute atomic E-state index is 0.0749. The molecule has 0 aliphatic rings. The lowest BCUT2D eigenvalue weighted by Gasteiger charge is -2.20. The zero-order valence-corrected chi connectivity index (χ0v) is 13.7. The number of hydrogen-bond acceptors (Lipinski definition) is 4. The Balaban J connectivity index is 2.02. The first-order chi connectivity index (χ1) is 11.5. The van der Waals surface area contributed by atoms with Gasteiger partial charge in [0.15, 0.2) is 5.78 Å². The Hall–Kier alpha value is -3.02. The lowest BCUT2D eigenvalue weighted by Crippen LogP contribution is -2.36. The van der Waals surface area contributed by atoms with Gasteiger partial charge in [-0.25, -0.2) is 0 Å². The van der Waals surface area contributed by atoms with E-state index >= 15 is 0 Å². The van der Waals surface area contributed by atoms with Crippen LogP contribution < -0.4 is 5.32 Å². The number of hydrogen-bond donors (Lipinski definition) is 1. The molecular formula is C18H19N3O3. The summed E-state index contributed by atoms with van der Waals surface area (Å²) >= 11 is 0. The summed E-state index contributed by atoms with van der Waals surface area (Å²) in [6.45, 7) is 3.12. The van der Waals surface area contributed by atoms with E-state index in [0.29, 0.717) is 17.8 Å². The first-order valence-corrected chi connectivity index (χ1v) is 7.51. The third-order valence-electron chi connectivity index (χ3n) is 3.43. The average Bonchev–Trinajstić information content (AvgIpc) is 2.55. The van der Waals surface area contributed by atoms with Crippen molar-refractivity contribution in [2.45, 2.75) is 20.4 Å². The fourth-order valence-electron chi connectivity index (χ4n) is 2.18. The van der Waals surface area contributed by atoms with Gasteiger partial charge in [-0.15, -0.1) is 0 Å². The Kier molecular flexibility index (Phi) is 5.78. The largest absolute Gasteiger partial charge is 0.329 e. The van der Waals surface area contributed by atoms with Gasteiger partial charge < -0.3 is 10.2 Å². The molecular weight excluding hydrogens is 306 g/mol. The van der Waals surface area contributed by atoms with Gasteiger partial charge in [-0.1, -0.05) is 18.2 Å². The van der Waals surface area contributed by atoms with Gasteiger partial charge in [0, 0.05) is 37.1 Å². The third-order valence-corrected chi connectivity index (χ3v) is 3.43. The molecule has 0 saturated heterocycles. The van der Waals surface area contributed by atoms with Gasteiger partial charge in [-0.2, -0.15) is 0 Å². The van der Waals surface area contributed by atoms with Crippen molar-refractivity contribution in [2.75, 3.05) is 11.9 Å². The van der Waals surface area contributed by atoms with Gasteiger partial charge in [-0.05, 0) is 30.7 Å². The summed E-state index contributed by atoms with van der Waals surface area (Å²) in [5.41, 5.74) is 1.89. The molecule has 0 saturated carbocycles. The van der Waals surface area contributed by atoms with Crippen molar-refractivity contribution in [1.82, 2.24) is 9.88 Å². The molecule has 6 nitrogen and oxygen atoms in total. The summed E-state index contributed by atoms with van der Waals surface area (Å²) in [6.07, 6.45) is 3.31. The molecule has 1 heterocycles. The number of benzene rings is 1. The standard InChI is InChI=1S/C18H19N3O3/c1-13(22)16-6-3-7-17(9-16)20-18(24)12-21(14(2)23)11-15-5-4-8-19-10-15/h3-10H,11-12H2,1-2H3,(H,20,24). The molecule has 2 aromatic rings. The van der Waals surface area contributed by atoms with E-state index in [2.05, 4.69) is 10.3 Å². The Bertz CT molecular complexity index is 744. The van der Waals surface area contributed by atoms with Crippen molar-refractivity contribution >= 4 is 23.3 Å². The number of nitrogens with one attached hydrogen (secondary N) is 1. The predicted octanol–water partition coefficient (Wildman–Crippen LogP) is 2.27. The van der Waals surface area contributed by atoms with E-state index in [1.807, 2.05) is 6.07 Å². The molecule has 0 atom stereocenters. The number of pyridine rings is 1. The van der Waals surface area contributed by atoms with E-state index in [4.69, 9.17) is 0 Å². The maximum atomic E-state index is 12.2. The van der Waals surface area contributed by atoms with Crippen molar-refractivity contribution in [3.63, 3.8) is 0 Å². The van der Waals surface area contributed by atoms with Gasteiger partial charge >= 0.3 is 0 Å². The quantitative estimate of drug-likeness (QED) is 0.826. The van der Waals surface area contributed by atoms with Gasteiger partial charge in [0.1, 0.15) is 6.54 Å². The number of carbonyl (C=O) groups excluding carboxylic acids is 3. The molecule has 2 rings (SSSR count). The number of anilines is 1. The number of amides is 2. The number of ketones is 1. The molecule has 0 unspecified atom stereocenters. The van der Waals surface area contributed by atoms with Crippen LogP contribution >= 0.6 is 0 Å². The second kappa shape index (κ2) is 8.01. The molecule has 124 valence electrons. The zero-order valence-electron chi connectivity index (χ0n) is 13.7. The van der Waals surface area contributed by atoms with Crippen LogP contribution in [0.25, 0.3) is 0 Å². The van der Waals surface area contributed by atoms with Gasteiger partial charge in [-0.3, -0.25) is 19.4 Å². The molecule has 24 heavy (non-hydrogen) atoms. The van der Waals surface area contributed by atoms with Gasteiger partial charge in [0.05, 0.1) is 0 Å². The molecule has 6 heteroatoms. The molecule has 0 radical (unpaired) electrons. The topological polar surface area (TPSA) is 79.4 Å². The Labute approximate surface area is 140 Å². The summed E-state index contributed by atoms with van der Waals surface area (Å²) in [5.74, 6) is -0.602. The molecule has 1 aromatic heterocycles. The highest BCUT2D eigenvalue weighted by atomic mass is 16.2. The van der Waals surface area contributed by atoms with Gasteiger partial charge in [0.25, 0.3) is 0 Å². The van der Waals surface area contributed by atoms with E-state index in [-0.39, 0.29) is 24.1 Å². The molecule has 2 amide bonds. The van der Waals surface area contributed by atoms with E-state index < -0.39 is 0 Å². The molecule has 0 aliphatic carbocycles. The first-order valence-electron chi connectivity index (χ1n) is 7.51. The van der Waals surface area contributed by atoms with E-state index in [1.54, 1.807) is 42.7 Å². The van der Waals surface area contributed by atoms with Crippen LogP contribution in [0.15, 0.2) is 48.8 Å². The van der Waals surface area contributed by atoms with Crippen molar-refractivity contribution in [1.29, 1.82) is 0 Å². The summed E-state index contributed by atoms with van der Waals surface area (Å²) in [5, 5.41) is 2.71. The maximum Gasteiger partial charge on any atom is 0.244 e. The minimum atomic E-state index is -0.324. The Morgan fingerprint density at radius 2 is 1.92 bits per heavy atom. The minimum Gasteiger partial charge on any atom is -0.329 e. The van der Waals surface area contributed by atoms with Gasteiger partial charge in [0.2, 0.25) is 11.8 Å². The fraction of sp³-hybridized carbons (Fsp3) is 0.222. The lowest BCUT2D eigenvalue weighted by atomic mass is 10.1. The van der Waals surface area contributed by atoms with Crippen LogP contribution in [0, 0.1) is 0 Å². The highest BCUT2D eigenvalue weighted by Gasteiger charge is 2.14. The number of aromatic nitrogens is 1. The summed E-state index contributed by atoms with van der Waals surface area (Å²) < 4.78 is 0. The van der Waals surface area contributed by atoms with Crippen LogP contribution in [-0.4, -0.2) is 34.0 Å². The monoisotopic (exact) mass is 325 g/mol. The second-order valence-electron chi connectivity index (χ2n) is 5.42. The molecule has 0 bridgehead atoms. The van der Waals surface area contributed by atoms with Crippen LogP contribution in [0.4, 0.5) is 5.69 Å². The summed E-state index contributed by atoms with van der Waals surface area (Å²) in [7, 11) is 0. The van der Waals surface area contributed by atoms with Crippen LogP contribution in [0.3, 0.4) is 0 Å². The Morgan fingerprint density at radius 3 is 2.54 bits per heavy atom. The second-order valence-corrected chi connectivity index (χ2v) is 5.42. The molecule has 0 fully saturated rings. The first kappa shape index (κ1) is 17.3. The predicted molar refractivity (Wildman–Crippen MR) is 90.4 cm³/mol. The van der Waals surface area contributed by atoms with Crippen molar-refractivity contribution in [3.05, 3.63) is 59.9 Å². The lowest BCUT2D eigenvalue weighted by molar-refractivity contribution is -0.133. The molecule has 1 N–H and O–H groups in total. The zero-order chi connectivity index (χ0) is 17.5. The van der Waals surface area contributed by atoms with E-state index in [0.717, 1.165) is 5.56 Å². The van der Waals surface area contributed by atoms with Crippen LogP contribution in [-0.2, 0) is 16.1 Å².